The van der Waals surface area contributed by atoms with Gasteiger partial charge in [0, 0.05) is 25.9 Å². The molecule has 10 heavy (non-hydrogen) atoms. The second-order valence-electron chi connectivity index (χ2n) is 2.20. The molecule has 0 N–H and O–H groups in total. The lowest BCUT2D eigenvalue weighted by Gasteiger charge is -1.95. The summed E-state index contributed by atoms with van der Waals surface area (Å²) in [4.78, 5) is 4.17. The molecule has 1 heterocycles. The summed E-state index contributed by atoms with van der Waals surface area (Å²) < 4.78 is 2.06. The van der Waals surface area contributed by atoms with Gasteiger partial charge in [-0.05, 0) is 6.42 Å². The van der Waals surface area contributed by atoms with Crippen molar-refractivity contribution >= 4 is 12.4 Å². The third-order valence-electron chi connectivity index (χ3n) is 1.39. The molecule has 0 atom stereocenters. The van der Waals surface area contributed by atoms with Crippen LogP contribution >= 0.6 is 12.4 Å². The van der Waals surface area contributed by atoms with Crippen LogP contribution in [0.25, 0.3) is 0 Å². The lowest BCUT2D eigenvalue weighted by molar-refractivity contribution is 0.759. The number of nitrogens with zero attached hydrogens (tertiary/aromatic N) is 2. The lowest BCUT2D eigenvalue weighted by Crippen LogP contribution is -1.95. The molecule has 0 aliphatic carbocycles. The molecule has 0 radical (unpaired) electrons. The molecule has 0 unspecified atom stereocenters. The van der Waals surface area contributed by atoms with Gasteiger partial charge in [-0.25, -0.2) is 4.98 Å². The van der Waals surface area contributed by atoms with E-state index in [1.54, 1.807) is 0 Å². The first kappa shape index (κ1) is 9.50. The van der Waals surface area contributed by atoms with Crippen LogP contribution in [-0.2, 0) is 13.5 Å². The van der Waals surface area contributed by atoms with E-state index in [1.807, 2.05) is 19.4 Å². The van der Waals surface area contributed by atoms with Gasteiger partial charge in [-0.1, -0.05) is 6.92 Å². The molecule has 2 nitrogen and oxygen atoms in total. The number of aromatic nitrogens is 2. The molecule has 0 spiro atoms. The predicted molar refractivity (Wildman–Crippen MR) is 44.5 cm³/mol. The third-order valence-corrected chi connectivity index (χ3v) is 1.39. The van der Waals surface area contributed by atoms with Crippen molar-refractivity contribution in [1.82, 2.24) is 9.55 Å². The zero-order chi connectivity index (χ0) is 6.69. The molecule has 1 rings (SSSR count). The number of hydrogen-bond donors (Lipinski definition) is 0. The molecule has 0 aliphatic rings. The average molecular weight is 161 g/mol. The van der Waals surface area contributed by atoms with Crippen LogP contribution in [0, 0.1) is 0 Å². The Morgan fingerprint density at radius 3 is 2.70 bits per heavy atom. The van der Waals surface area contributed by atoms with Crippen molar-refractivity contribution in [2.75, 3.05) is 0 Å². The Morgan fingerprint density at radius 2 is 2.30 bits per heavy atom. The number of imidazole rings is 1. The van der Waals surface area contributed by atoms with Gasteiger partial charge in [0.15, 0.2) is 0 Å². The van der Waals surface area contributed by atoms with Crippen molar-refractivity contribution in [3.05, 3.63) is 18.2 Å². The van der Waals surface area contributed by atoms with Gasteiger partial charge in [-0.2, -0.15) is 0 Å². The average Bonchev–Trinajstić information content (AvgIpc) is 2.18. The number of halogens is 1. The van der Waals surface area contributed by atoms with Gasteiger partial charge in [0.25, 0.3) is 0 Å². The first-order valence-electron chi connectivity index (χ1n) is 3.30. The molecule has 0 aromatic carbocycles. The lowest BCUT2D eigenvalue weighted by atomic mass is 10.3. The van der Waals surface area contributed by atoms with Gasteiger partial charge >= 0.3 is 0 Å². The fraction of sp³-hybridized carbons (Fsp3) is 0.571. The smallest absolute Gasteiger partial charge is 0.108 e. The Balaban J connectivity index is 0.000000810. The molecule has 0 saturated carbocycles. The van der Waals surface area contributed by atoms with Gasteiger partial charge in [0.05, 0.1) is 0 Å². The van der Waals surface area contributed by atoms with Crippen LogP contribution in [0.1, 0.15) is 19.2 Å². The van der Waals surface area contributed by atoms with Crippen molar-refractivity contribution in [1.29, 1.82) is 0 Å². The first-order chi connectivity index (χ1) is 4.34. The molecule has 0 bridgehead atoms. The summed E-state index contributed by atoms with van der Waals surface area (Å²) >= 11 is 0. The number of aryl methyl sites for hydroxylation is 2. The highest BCUT2D eigenvalue weighted by molar-refractivity contribution is 5.85. The highest BCUT2D eigenvalue weighted by Crippen LogP contribution is 1.96. The van der Waals surface area contributed by atoms with Crippen LogP contribution in [0.3, 0.4) is 0 Å². The molecule has 1 aromatic rings. The third kappa shape index (κ3) is 2.03. The standard InChI is InChI=1S/C7H12N2.ClH/c1-3-4-7-8-5-6-9(7)2;/h5-6H,3-4H2,1-2H3;1H. The summed E-state index contributed by atoms with van der Waals surface area (Å²) in [6, 6.07) is 0. The zero-order valence-corrected chi connectivity index (χ0v) is 7.19. The summed E-state index contributed by atoms with van der Waals surface area (Å²) in [6.07, 6.45) is 6.07. The maximum Gasteiger partial charge on any atom is 0.108 e. The highest BCUT2D eigenvalue weighted by Gasteiger charge is 1.93. The van der Waals surface area contributed by atoms with Crippen molar-refractivity contribution in [3.63, 3.8) is 0 Å². The molecule has 0 fully saturated rings. The van der Waals surface area contributed by atoms with Gasteiger partial charge < -0.3 is 4.57 Å². The van der Waals surface area contributed by atoms with Crippen LogP contribution in [-0.4, -0.2) is 9.55 Å². The Kier molecular flexibility index (Phi) is 4.12. The van der Waals surface area contributed by atoms with Gasteiger partial charge in [-0.15, -0.1) is 12.4 Å². The monoisotopic (exact) mass is 160 g/mol. The van der Waals surface area contributed by atoms with Gasteiger partial charge in [0.1, 0.15) is 5.82 Å². The molecule has 58 valence electrons. The van der Waals surface area contributed by atoms with E-state index in [9.17, 15) is 0 Å². The minimum absolute atomic E-state index is 0. The minimum atomic E-state index is 0. The molecular weight excluding hydrogens is 148 g/mol. The largest absolute Gasteiger partial charge is 0.338 e. The first-order valence-corrected chi connectivity index (χ1v) is 3.30. The summed E-state index contributed by atoms with van der Waals surface area (Å²) in [5, 5.41) is 0. The maximum absolute atomic E-state index is 4.17. The fourth-order valence-corrected chi connectivity index (χ4v) is 0.861. The number of rotatable bonds is 2. The quantitative estimate of drug-likeness (QED) is 0.645. The van der Waals surface area contributed by atoms with E-state index in [0.717, 1.165) is 6.42 Å². The Labute approximate surface area is 67.7 Å². The molecule has 0 aliphatic heterocycles. The minimum Gasteiger partial charge on any atom is -0.338 e. The van der Waals surface area contributed by atoms with Crippen LogP contribution in [0.15, 0.2) is 12.4 Å². The Bertz CT molecular complexity index is 183. The molecule has 3 heteroatoms. The second-order valence-corrected chi connectivity index (χ2v) is 2.20. The van der Waals surface area contributed by atoms with E-state index < -0.39 is 0 Å². The normalized spacial score (nSPS) is 9.00. The number of hydrogen-bond acceptors (Lipinski definition) is 1. The van der Waals surface area contributed by atoms with Crippen LogP contribution in [0.4, 0.5) is 0 Å². The van der Waals surface area contributed by atoms with E-state index in [0.29, 0.717) is 0 Å². The van der Waals surface area contributed by atoms with Crippen molar-refractivity contribution < 1.29 is 0 Å². The second kappa shape index (κ2) is 4.34. The Hall–Kier alpha value is -0.500. The predicted octanol–water partition coefficient (Wildman–Crippen LogP) is 1.79. The van der Waals surface area contributed by atoms with Crippen molar-refractivity contribution in [2.45, 2.75) is 19.8 Å². The molecule has 0 amide bonds. The topological polar surface area (TPSA) is 17.8 Å². The van der Waals surface area contributed by atoms with Crippen molar-refractivity contribution in [3.8, 4) is 0 Å². The van der Waals surface area contributed by atoms with E-state index in [4.69, 9.17) is 0 Å². The van der Waals surface area contributed by atoms with Gasteiger partial charge in [0.2, 0.25) is 0 Å². The van der Waals surface area contributed by atoms with E-state index in [-0.39, 0.29) is 12.4 Å². The van der Waals surface area contributed by atoms with Crippen molar-refractivity contribution in [2.24, 2.45) is 7.05 Å². The van der Waals surface area contributed by atoms with Crippen LogP contribution in [0.2, 0.25) is 0 Å². The Morgan fingerprint density at radius 1 is 1.60 bits per heavy atom. The SMILES string of the molecule is CCCc1nccn1C.Cl. The van der Waals surface area contributed by atoms with Crippen LogP contribution < -0.4 is 0 Å². The summed E-state index contributed by atoms with van der Waals surface area (Å²) in [5.74, 6) is 1.18. The molecule has 0 saturated heterocycles. The molecular formula is C7H13ClN2. The van der Waals surface area contributed by atoms with Gasteiger partial charge in [-0.3, -0.25) is 0 Å². The zero-order valence-electron chi connectivity index (χ0n) is 6.37. The maximum atomic E-state index is 4.17. The van der Waals surface area contributed by atoms with E-state index in [2.05, 4.69) is 16.5 Å². The summed E-state index contributed by atoms with van der Waals surface area (Å²) in [6.45, 7) is 2.16. The summed E-state index contributed by atoms with van der Waals surface area (Å²) in [7, 11) is 2.03. The molecule has 1 aromatic heterocycles. The summed E-state index contributed by atoms with van der Waals surface area (Å²) in [5.41, 5.74) is 0. The highest BCUT2D eigenvalue weighted by atomic mass is 35.5. The van der Waals surface area contributed by atoms with E-state index >= 15 is 0 Å². The van der Waals surface area contributed by atoms with Crippen LogP contribution in [0.5, 0.6) is 0 Å². The van der Waals surface area contributed by atoms with E-state index in [1.165, 1.54) is 12.2 Å². The fourth-order valence-electron chi connectivity index (χ4n) is 0.861.